The second-order valence-electron chi connectivity index (χ2n) is 7.03. The summed E-state index contributed by atoms with van der Waals surface area (Å²) < 4.78 is 10.9. The van der Waals surface area contributed by atoms with E-state index >= 15 is 0 Å². The topological polar surface area (TPSA) is 140 Å². The highest BCUT2D eigenvalue weighted by atomic mass is 16.7. The monoisotopic (exact) mass is 350 g/mol. The van der Waals surface area contributed by atoms with Gasteiger partial charge >= 0.3 is 0 Å². The summed E-state index contributed by atoms with van der Waals surface area (Å²) in [4.78, 5) is 0. The van der Waals surface area contributed by atoms with E-state index in [2.05, 4.69) is 6.58 Å². The molecule has 24 heavy (non-hydrogen) atoms. The summed E-state index contributed by atoms with van der Waals surface area (Å²) in [5.41, 5.74) is -2.30. The molecule has 1 heterocycles. The first kappa shape index (κ1) is 21.5. The van der Waals surface area contributed by atoms with Crippen LogP contribution < -0.4 is 0 Å². The molecule has 0 radical (unpaired) electrons. The highest BCUT2D eigenvalue weighted by Gasteiger charge is 2.46. The predicted octanol–water partition coefficient (Wildman–Crippen LogP) is -1.34. The van der Waals surface area contributed by atoms with Gasteiger partial charge in [0.25, 0.3) is 0 Å². The zero-order valence-electron chi connectivity index (χ0n) is 14.4. The van der Waals surface area contributed by atoms with Crippen LogP contribution in [-0.4, -0.2) is 85.3 Å². The Kier molecular flexibility index (Phi) is 7.33. The van der Waals surface area contributed by atoms with Crippen LogP contribution in [0.25, 0.3) is 0 Å². The molecule has 7 atom stereocenters. The molecule has 0 aliphatic carbocycles. The van der Waals surface area contributed by atoms with Gasteiger partial charge in [0.1, 0.15) is 24.4 Å². The van der Waals surface area contributed by atoms with Gasteiger partial charge in [-0.25, -0.2) is 0 Å². The Hall–Kier alpha value is -0.580. The van der Waals surface area contributed by atoms with Crippen molar-refractivity contribution < 1.29 is 40.1 Å². The molecule has 142 valence electrons. The van der Waals surface area contributed by atoms with Crippen molar-refractivity contribution in [3.05, 3.63) is 12.7 Å². The van der Waals surface area contributed by atoms with E-state index in [0.29, 0.717) is 0 Å². The lowest BCUT2D eigenvalue weighted by atomic mass is 9.91. The molecule has 0 aromatic carbocycles. The first-order valence-electron chi connectivity index (χ1n) is 7.97. The van der Waals surface area contributed by atoms with E-state index in [9.17, 15) is 30.6 Å². The predicted molar refractivity (Wildman–Crippen MR) is 85.0 cm³/mol. The molecule has 0 aromatic rings. The SMILES string of the molecule is C=CC(C)(O)CCC(O)C(C)(C)OC1OC(CO)C(O)C(O)C1O. The molecule has 1 rings (SSSR count). The zero-order chi connectivity index (χ0) is 18.7. The average Bonchev–Trinajstić information content (AvgIpc) is 2.53. The van der Waals surface area contributed by atoms with E-state index in [1.807, 2.05) is 0 Å². The first-order valence-corrected chi connectivity index (χ1v) is 7.97. The molecule has 7 unspecified atom stereocenters. The van der Waals surface area contributed by atoms with Crippen molar-refractivity contribution in [1.29, 1.82) is 0 Å². The van der Waals surface area contributed by atoms with Gasteiger partial charge in [0.15, 0.2) is 6.29 Å². The molecule has 6 N–H and O–H groups in total. The molecule has 0 saturated carbocycles. The van der Waals surface area contributed by atoms with Gasteiger partial charge in [-0.1, -0.05) is 6.08 Å². The summed E-state index contributed by atoms with van der Waals surface area (Å²) >= 11 is 0. The van der Waals surface area contributed by atoms with Gasteiger partial charge in [-0.05, 0) is 33.6 Å². The Bertz CT molecular complexity index is 409. The van der Waals surface area contributed by atoms with Crippen molar-refractivity contribution >= 4 is 0 Å². The lowest BCUT2D eigenvalue weighted by Crippen LogP contribution is -2.61. The maximum atomic E-state index is 10.3. The molecular weight excluding hydrogens is 320 g/mol. The van der Waals surface area contributed by atoms with Gasteiger partial charge in [-0.3, -0.25) is 0 Å². The smallest absolute Gasteiger partial charge is 0.187 e. The van der Waals surface area contributed by atoms with Crippen molar-refractivity contribution in [2.45, 2.75) is 81.6 Å². The number of hydrogen-bond donors (Lipinski definition) is 6. The summed E-state index contributed by atoms with van der Waals surface area (Å²) in [6.45, 7) is 7.67. The standard InChI is InChI=1S/C16H30O8/c1-5-16(4,22)7-6-10(18)15(2,3)24-14-13(21)12(20)11(19)9(8-17)23-14/h5,9-14,17-22H,1,6-8H2,2-4H3. The zero-order valence-corrected chi connectivity index (χ0v) is 14.4. The Morgan fingerprint density at radius 2 is 1.75 bits per heavy atom. The van der Waals surface area contributed by atoms with Crippen molar-refractivity contribution in [1.82, 2.24) is 0 Å². The van der Waals surface area contributed by atoms with E-state index in [0.717, 1.165) is 0 Å². The Balaban J connectivity index is 2.72. The van der Waals surface area contributed by atoms with Gasteiger partial charge in [-0.2, -0.15) is 0 Å². The Morgan fingerprint density at radius 1 is 1.17 bits per heavy atom. The molecule has 1 aliphatic rings. The molecule has 1 aliphatic heterocycles. The third-order valence-electron chi connectivity index (χ3n) is 4.43. The van der Waals surface area contributed by atoms with Crippen LogP contribution in [0, 0.1) is 0 Å². The molecule has 0 amide bonds. The highest BCUT2D eigenvalue weighted by molar-refractivity contribution is 4.94. The lowest BCUT2D eigenvalue weighted by Gasteiger charge is -2.43. The summed E-state index contributed by atoms with van der Waals surface area (Å²) in [7, 11) is 0. The number of aliphatic hydroxyl groups excluding tert-OH is 5. The molecule has 0 spiro atoms. The van der Waals surface area contributed by atoms with E-state index in [-0.39, 0.29) is 12.8 Å². The molecule has 1 fully saturated rings. The minimum atomic E-state index is -1.55. The van der Waals surface area contributed by atoms with Crippen LogP contribution in [0.3, 0.4) is 0 Å². The van der Waals surface area contributed by atoms with Gasteiger partial charge < -0.3 is 40.1 Å². The van der Waals surface area contributed by atoms with Crippen LogP contribution in [0.1, 0.15) is 33.6 Å². The van der Waals surface area contributed by atoms with E-state index in [1.54, 1.807) is 20.8 Å². The van der Waals surface area contributed by atoms with Gasteiger partial charge in [-0.15, -0.1) is 6.58 Å². The van der Waals surface area contributed by atoms with Crippen molar-refractivity contribution in [2.75, 3.05) is 6.61 Å². The minimum Gasteiger partial charge on any atom is -0.394 e. The number of aliphatic hydroxyl groups is 6. The summed E-state index contributed by atoms with van der Waals surface area (Å²) in [6, 6.07) is 0. The van der Waals surface area contributed by atoms with Crippen molar-refractivity contribution in [3.63, 3.8) is 0 Å². The molecule has 8 heteroatoms. The molecule has 8 nitrogen and oxygen atoms in total. The maximum Gasteiger partial charge on any atom is 0.187 e. The molecule has 1 saturated heterocycles. The Labute approximate surface area is 142 Å². The van der Waals surface area contributed by atoms with Crippen molar-refractivity contribution in [3.8, 4) is 0 Å². The maximum absolute atomic E-state index is 10.3. The van der Waals surface area contributed by atoms with E-state index in [4.69, 9.17) is 9.47 Å². The largest absolute Gasteiger partial charge is 0.394 e. The third kappa shape index (κ3) is 5.21. The fourth-order valence-corrected chi connectivity index (χ4v) is 2.42. The van der Waals surface area contributed by atoms with E-state index < -0.39 is 54.6 Å². The minimum absolute atomic E-state index is 0.198. The van der Waals surface area contributed by atoms with Gasteiger partial charge in [0.05, 0.1) is 23.9 Å². The summed E-state index contributed by atoms with van der Waals surface area (Å²) in [5, 5.41) is 58.9. The normalized spacial score (nSPS) is 35.3. The lowest BCUT2D eigenvalue weighted by molar-refractivity contribution is -0.331. The first-order chi connectivity index (χ1) is 10.9. The second kappa shape index (κ2) is 8.20. The number of ether oxygens (including phenoxy) is 2. The summed E-state index contributed by atoms with van der Waals surface area (Å²) in [5.74, 6) is 0. The van der Waals surface area contributed by atoms with Crippen LogP contribution in [0.15, 0.2) is 12.7 Å². The molecule has 0 bridgehead atoms. The van der Waals surface area contributed by atoms with Crippen LogP contribution in [0.5, 0.6) is 0 Å². The number of rotatable bonds is 8. The third-order valence-corrected chi connectivity index (χ3v) is 4.43. The molecular formula is C16H30O8. The summed E-state index contributed by atoms with van der Waals surface area (Å²) in [6.07, 6.45) is -6.14. The van der Waals surface area contributed by atoms with Gasteiger partial charge in [0.2, 0.25) is 0 Å². The number of hydrogen-bond acceptors (Lipinski definition) is 8. The average molecular weight is 350 g/mol. The van der Waals surface area contributed by atoms with Gasteiger partial charge in [0, 0.05) is 0 Å². The second-order valence-corrected chi connectivity index (χ2v) is 7.03. The molecule has 0 aromatic heterocycles. The van der Waals surface area contributed by atoms with E-state index in [1.165, 1.54) is 6.08 Å². The fraction of sp³-hybridized carbons (Fsp3) is 0.875. The highest BCUT2D eigenvalue weighted by Crippen LogP contribution is 2.29. The van der Waals surface area contributed by atoms with Crippen LogP contribution in [0.4, 0.5) is 0 Å². The van der Waals surface area contributed by atoms with Crippen LogP contribution >= 0.6 is 0 Å². The Morgan fingerprint density at radius 3 is 2.25 bits per heavy atom. The fourth-order valence-electron chi connectivity index (χ4n) is 2.42. The van der Waals surface area contributed by atoms with Crippen molar-refractivity contribution in [2.24, 2.45) is 0 Å². The quantitative estimate of drug-likeness (QED) is 0.296. The van der Waals surface area contributed by atoms with Crippen LogP contribution in [-0.2, 0) is 9.47 Å². The van der Waals surface area contributed by atoms with Crippen LogP contribution in [0.2, 0.25) is 0 Å².